The Labute approximate surface area is 123 Å². The topological polar surface area (TPSA) is 150 Å². The largest absolute Gasteiger partial charge is 0.480 e. The van der Waals surface area contributed by atoms with E-state index < -0.39 is 24.7 Å². The third-order valence-electron chi connectivity index (χ3n) is 4.96. The molecule has 1 aliphatic carbocycles. The molecule has 0 aromatic rings. The van der Waals surface area contributed by atoms with Crippen molar-refractivity contribution in [2.75, 3.05) is 13.1 Å². The Morgan fingerprint density at radius 1 is 1.33 bits per heavy atom. The van der Waals surface area contributed by atoms with E-state index in [2.05, 4.69) is 0 Å². The molecular weight excluding hydrogens is 277 g/mol. The molecule has 1 heterocycles. The number of aliphatic carboxylic acids is 1. The number of hydrogen-bond donors (Lipinski definition) is 5. The zero-order chi connectivity index (χ0) is 15.8. The summed E-state index contributed by atoms with van der Waals surface area (Å²) in [6, 6.07) is -0.494. The fourth-order valence-electron chi connectivity index (χ4n) is 3.95. The quantitative estimate of drug-likeness (QED) is 0.397. The van der Waals surface area contributed by atoms with E-state index in [9.17, 15) is 14.7 Å². The summed E-state index contributed by atoms with van der Waals surface area (Å²) in [6.45, 7) is 0.879. The predicted octanol–water partition coefficient (Wildman–Crippen LogP) is -1.33. The summed E-state index contributed by atoms with van der Waals surface area (Å²) in [5.74, 6) is -1.27. The molecule has 9 heteroatoms. The number of hydrogen-bond acceptors (Lipinski definition) is 5. The summed E-state index contributed by atoms with van der Waals surface area (Å²) in [5, 5.41) is 27.3. The van der Waals surface area contributed by atoms with Crippen LogP contribution in [0.1, 0.15) is 19.3 Å². The minimum atomic E-state index is -1.40. The first-order valence-electron chi connectivity index (χ1n) is 7.18. The first-order valence-corrected chi connectivity index (χ1v) is 7.18. The molecule has 2 amide bonds. The van der Waals surface area contributed by atoms with Crippen LogP contribution >= 0.6 is 0 Å². The van der Waals surface area contributed by atoms with Gasteiger partial charge in [0.25, 0.3) is 0 Å². The molecular formula is C12H22BN3O5. The zero-order valence-corrected chi connectivity index (χ0v) is 11.8. The molecule has 118 valence electrons. The zero-order valence-electron chi connectivity index (χ0n) is 11.8. The lowest BCUT2D eigenvalue weighted by Gasteiger charge is -2.31. The van der Waals surface area contributed by atoms with Gasteiger partial charge < -0.3 is 31.5 Å². The molecule has 2 aliphatic rings. The number of carbonyl (C=O) groups excluding carboxylic acids is 1. The van der Waals surface area contributed by atoms with Crippen LogP contribution in [0.5, 0.6) is 0 Å². The van der Waals surface area contributed by atoms with Crippen LogP contribution in [0.25, 0.3) is 0 Å². The highest BCUT2D eigenvalue weighted by atomic mass is 16.4. The highest BCUT2D eigenvalue weighted by Gasteiger charge is 2.58. The Hall–Kier alpha value is -1.32. The van der Waals surface area contributed by atoms with Crippen LogP contribution in [-0.2, 0) is 4.79 Å². The molecule has 2 rings (SSSR count). The van der Waals surface area contributed by atoms with Crippen LogP contribution in [0.4, 0.5) is 4.79 Å². The monoisotopic (exact) mass is 299 g/mol. The van der Waals surface area contributed by atoms with E-state index in [1.807, 2.05) is 0 Å². The number of fused-ring (bicyclic) bond motifs is 1. The van der Waals surface area contributed by atoms with Gasteiger partial charge in [0, 0.05) is 13.1 Å². The Kier molecular flexibility index (Phi) is 4.45. The molecule has 2 unspecified atom stereocenters. The number of carbonyl (C=O) groups is 2. The van der Waals surface area contributed by atoms with Gasteiger partial charge in [0.1, 0.15) is 5.54 Å². The summed E-state index contributed by atoms with van der Waals surface area (Å²) < 4.78 is 0. The van der Waals surface area contributed by atoms with Gasteiger partial charge in [0.05, 0.1) is 0 Å². The minimum absolute atomic E-state index is 0.00874. The van der Waals surface area contributed by atoms with Gasteiger partial charge in [0.15, 0.2) is 0 Å². The summed E-state index contributed by atoms with van der Waals surface area (Å²) in [6.07, 6.45) is 1.48. The Morgan fingerprint density at radius 3 is 2.52 bits per heavy atom. The number of amides is 2. The predicted molar refractivity (Wildman–Crippen MR) is 75.0 cm³/mol. The maximum absolute atomic E-state index is 11.5. The number of carboxylic acids is 1. The van der Waals surface area contributed by atoms with Crippen molar-refractivity contribution >= 4 is 19.1 Å². The van der Waals surface area contributed by atoms with Gasteiger partial charge in [0.2, 0.25) is 0 Å². The maximum atomic E-state index is 11.5. The van der Waals surface area contributed by atoms with Crippen LogP contribution in [-0.4, -0.2) is 57.8 Å². The van der Waals surface area contributed by atoms with Crippen molar-refractivity contribution in [2.45, 2.75) is 31.1 Å². The van der Waals surface area contributed by atoms with Crippen LogP contribution in [0.15, 0.2) is 0 Å². The SMILES string of the molecule is NC(=O)N1C[C@@H]2CC(N)(C(=O)O)C(CCCB(O)O)[C@@H]2C1. The highest BCUT2D eigenvalue weighted by molar-refractivity contribution is 6.40. The first-order chi connectivity index (χ1) is 9.75. The van der Waals surface area contributed by atoms with E-state index in [1.165, 1.54) is 4.90 Å². The van der Waals surface area contributed by atoms with Crippen molar-refractivity contribution in [1.82, 2.24) is 4.90 Å². The van der Waals surface area contributed by atoms with Crippen LogP contribution < -0.4 is 11.5 Å². The van der Waals surface area contributed by atoms with E-state index >= 15 is 0 Å². The van der Waals surface area contributed by atoms with Crippen molar-refractivity contribution in [3.05, 3.63) is 0 Å². The van der Waals surface area contributed by atoms with Crippen LogP contribution in [0, 0.1) is 17.8 Å². The van der Waals surface area contributed by atoms with E-state index in [4.69, 9.17) is 21.5 Å². The molecule has 4 atom stereocenters. The summed E-state index contributed by atoms with van der Waals surface area (Å²) in [4.78, 5) is 24.4. The van der Waals surface area contributed by atoms with Gasteiger partial charge in [-0.1, -0.05) is 6.42 Å². The number of rotatable bonds is 5. The molecule has 0 aromatic carbocycles. The fraction of sp³-hybridized carbons (Fsp3) is 0.833. The molecule has 2 fully saturated rings. The lowest BCUT2D eigenvalue weighted by atomic mass is 9.76. The molecule has 0 spiro atoms. The number of urea groups is 1. The molecule has 0 aromatic heterocycles. The van der Waals surface area contributed by atoms with E-state index in [0.717, 1.165) is 0 Å². The molecule has 7 N–H and O–H groups in total. The Bertz CT molecular complexity index is 435. The van der Waals surface area contributed by atoms with E-state index in [-0.39, 0.29) is 24.1 Å². The second kappa shape index (κ2) is 5.82. The summed E-state index contributed by atoms with van der Waals surface area (Å²) >= 11 is 0. The third-order valence-corrected chi connectivity index (χ3v) is 4.96. The summed E-state index contributed by atoms with van der Waals surface area (Å²) in [7, 11) is -1.40. The van der Waals surface area contributed by atoms with Gasteiger partial charge in [-0.25, -0.2) is 4.79 Å². The molecule has 8 nitrogen and oxygen atoms in total. The van der Waals surface area contributed by atoms with Gasteiger partial charge in [-0.2, -0.15) is 0 Å². The van der Waals surface area contributed by atoms with Crippen LogP contribution in [0.3, 0.4) is 0 Å². The normalized spacial score (nSPS) is 34.8. The van der Waals surface area contributed by atoms with Crippen molar-refractivity contribution < 1.29 is 24.7 Å². The maximum Gasteiger partial charge on any atom is 0.451 e. The minimum Gasteiger partial charge on any atom is -0.480 e. The number of carboxylic acid groups (broad SMARTS) is 1. The standard InChI is InChI=1S/C12H22BN3O5/c14-11(19)16-5-7-4-12(15,10(17)18)9(8(7)6-16)2-1-3-13(20)21/h7-9,20-21H,1-6,15H2,(H2,14,19)(H,17,18)/t7-,8+,9?,12?/m0/s1. The third kappa shape index (κ3) is 2.99. The number of nitrogens with two attached hydrogens (primary N) is 2. The number of nitrogens with zero attached hydrogens (tertiary/aromatic N) is 1. The highest BCUT2D eigenvalue weighted by Crippen LogP contribution is 2.49. The second-order valence-electron chi connectivity index (χ2n) is 6.23. The van der Waals surface area contributed by atoms with E-state index in [0.29, 0.717) is 32.4 Å². The van der Waals surface area contributed by atoms with Gasteiger partial charge in [-0.3, -0.25) is 4.79 Å². The molecule has 21 heavy (non-hydrogen) atoms. The molecule has 0 bridgehead atoms. The van der Waals surface area contributed by atoms with Crippen LogP contribution in [0.2, 0.25) is 6.32 Å². The molecule has 1 saturated carbocycles. The van der Waals surface area contributed by atoms with Gasteiger partial charge in [-0.05, 0) is 36.9 Å². The number of primary amides is 1. The molecule has 0 radical (unpaired) electrons. The van der Waals surface area contributed by atoms with Crippen molar-refractivity contribution in [3.63, 3.8) is 0 Å². The smallest absolute Gasteiger partial charge is 0.451 e. The summed E-state index contributed by atoms with van der Waals surface area (Å²) in [5.41, 5.74) is 10.1. The van der Waals surface area contributed by atoms with Crippen molar-refractivity contribution in [3.8, 4) is 0 Å². The lowest BCUT2D eigenvalue weighted by Crippen LogP contribution is -2.53. The van der Waals surface area contributed by atoms with Gasteiger partial charge in [-0.15, -0.1) is 0 Å². The van der Waals surface area contributed by atoms with Gasteiger partial charge >= 0.3 is 19.1 Å². The number of likely N-dealkylation sites (tertiary alicyclic amines) is 1. The average molecular weight is 299 g/mol. The first kappa shape index (κ1) is 16.1. The fourth-order valence-corrected chi connectivity index (χ4v) is 3.95. The Morgan fingerprint density at radius 2 is 2.00 bits per heavy atom. The molecule has 1 saturated heterocycles. The van der Waals surface area contributed by atoms with Crippen molar-refractivity contribution in [1.29, 1.82) is 0 Å². The average Bonchev–Trinajstić information content (AvgIpc) is 2.87. The lowest BCUT2D eigenvalue weighted by molar-refractivity contribution is -0.145. The Balaban J connectivity index is 2.10. The van der Waals surface area contributed by atoms with E-state index in [1.54, 1.807) is 0 Å². The van der Waals surface area contributed by atoms with Crippen molar-refractivity contribution in [2.24, 2.45) is 29.2 Å². The molecule has 1 aliphatic heterocycles. The second-order valence-corrected chi connectivity index (χ2v) is 6.23.